The number of hydrogen-bond acceptors (Lipinski definition) is 4. The van der Waals surface area contributed by atoms with Gasteiger partial charge in [0.15, 0.2) is 5.82 Å². The van der Waals surface area contributed by atoms with Crippen molar-refractivity contribution >= 4 is 17.6 Å². The molecule has 0 unspecified atom stereocenters. The van der Waals surface area contributed by atoms with Crippen molar-refractivity contribution in [2.45, 2.75) is 0 Å². The average Bonchev–Trinajstić information content (AvgIpc) is 2.58. The Morgan fingerprint density at radius 1 is 0.909 bits per heavy atom. The summed E-state index contributed by atoms with van der Waals surface area (Å²) in [6.07, 6.45) is 1.67. The predicted molar refractivity (Wildman–Crippen MR) is 86.7 cm³/mol. The Labute approximate surface area is 132 Å². The van der Waals surface area contributed by atoms with Crippen molar-refractivity contribution in [2.24, 2.45) is 0 Å². The Morgan fingerprint density at radius 2 is 1.55 bits per heavy atom. The molecule has 5 heteroatoms. The van der Waals surface area contributed by atoms with Gasteiger partial charge in [0.05, 0.1) is 5.69 Å². The van der Waals surface area contributed by atoms with E-state index in [1.165, 1.54) is 17.5 Å². The van der Waals surface area contributed by atoms with Gasteiger partial charge in [-0.25, -0.2) is 14.4 Å². The second kappa shape index (κ2) is 6.41. The van der Waals surface area contributed by atoms with E-state index in [1.807, 2.05) is 30.3 Å². The standard InChI is InChI=1S/C17H11FN2OS/c18-13-3-7-15(8-4-13)21-14-5-1-12(2-6-14)16-9-10-19-17(11-22)20-16/h1-11H. The van der Waals surface area contributed by atoms with E-state index in [1.54, 1.807) is 18.3 Å². The smallest absolute Gasteiger partial charge is 0.163 e. The van der Waals surface area contributed by atoms with Crippen LogP contribution in [0.3, 0.4) is 0 Å². The van der Waals surface area contributed by atoms with Crippen molar-refractivity contribution in [3.8, 4) is 22.8 Å². The molecule has 0 bridgehead atoms. The van der Waals surface area contributed by atoms with Gasteiger partial charge in [-0.15, -0.1) is 0 Å². The third-order valence-electron chi connectivity index (χ3n) is 2.98. The summed E-state index contributed by atoms with van der Waals surface area (Å²) < 4.78 is 18.5. The molecule has 3 nitrogen and oxygen atoms in total. The first-order chi connectivity index (χ1) is 10.7. The number of nitrogens with zero attached hydrogens (tertiary/aromatic N) is 2. The molecule has 3 rings (SSSR count). The fraction of sp³-hybridized carbons (Fsp3) is 0. The molecule has 0 aliphatic heterocycles. The molecule has 1 heterocycles. The van der Waals surface area contributed by atoms with Gasteiger partial charge in [0.25, 0.3) is 0 Å². The highest BCUT2D eigenvalue weighted by Gasteiger charge is 2.03. The lowest BCUT2D eigenvalue weighted by atomic mass is 10.1. The van der Waals surface area contributed by atoms with Crippen molar-refractivity contribution in [2.75, 3.05) is 0 Å². The van der Waals surface area contributed by atoms with E-state index < -0.39 is 0 Å². The molecule has 0 amide bonds. The van der Waals surface area contributed by atoms with Crippen molar-refractivity contribution in [1.82, 2.24) is 9.97 Å². The molecule has 0 radical (unpaired) electrons. The van der Waals surface area contributed by atoms with Crippen LogP contribution in [0.15, 0.2) is 60.8 Å². The summed E-state index contributed by atoms with van der Waals surface area (Å²) in [5, 5.41) is 1.44. The van der Waals surface area contributed by atoms with Crippen LogP contribution in [0.4, 0.5) is 4.39 Å². The number of aromatic nitrogens is 2. The zero-order chi connectivity index (χ0) is 15.4. The van der Waals surface area contributed by atoms with Gasteiger partial charge in [-0.2, -0.15) is 0 Å². The van der Waals surface area contributed by atoms with Crippen LogP contribution in [0.25, 0.3) is 11.3 Å². The average molecular weight is 310 g/mol. The van der Waals surface area contributed by atoms with E-state index in [0.717, 1.165) is 11.3 Å². The number of ether oxygens (including phenoxy) is 1. The Hall–Kier alpha value is -2.66. The van der Waals surface area contributed by atoms with Gasteiger partial charge in [-0.1, -0.05) is 12.2 Å². The molecule has 108 valence electrons. The summed E-state index contributed by atoms with van der Waals surface area (Å²) >= 11 is 4.83. The van der Waals surface area contributed by atoms with Gasteiger partial charge in [-0.3, -0.25) is 0 Å². The van der Waals surface area contributed by atoms with E-state index >= 15 is 0 Å². The summed E-state index contributed by atoms with van der Waals surface area (Å²) in [7, 11) is 0. The number of halogens is 1. The highest BCUT2D eigenvalue weighted by atomic mass is 32.1. The zero-order valence-electron chi connectivity index (χ0n) is 11.4. The van der Waals surface area contributed by atoms with Crippen LogP contribution < -0.4 is 4.74 Å². The number of thiocarbonyl (C=S) groups is 1. The minimum atomic E-state index is -0.291. The van der Waals surface area contributed by atoms with Crippen LogP contribution >= 0.6 is 12.2 Å². The van der Waals surface area contributed by atoms with Crippen LogP contribution in [-0.4, -0.2) is 15.3 Å². The Kier molecular flexibility index (Phi) is 4.16. The third-order valence-corrected chi connectivity index (χ3v) is 3.19. The van der Waals surface area contributed by atoms with Crippen LogP contribution in [0, 0.1) is 5.82 Å². The maximum Gasteiger partial charge on any atom is 0.163 e. The van der Waals surface area contributed by atoms with Gasteiger partial charge in [0, 0.05) is 17.1 Å². The van der Waals surface area contributed by atoms with Gasteiger partial charge < -0.3 is 4.74 Å². The molecule has 2 aromatic carbocycles. The van der Waals surface area contributed by atoms with Crippen molar-refractivity contribution in [1.29, 1.82) is 0 Å². The first kappa shape index (κ1) is 14.3. The summed E-state index contributed by atoms with van der Waals surface area (Å²) in [5.41, 5.74) is 1.73. The summed E-state index contributed by atoms with van der Waals surface area (Å²) in [4.78, 5) is 8.37. The second-order valence-corrected chi connectivity index (χ2v) is 4.73. The molecule has 0 fully saturated rings. The molecule has 3 aromatic rings. The van der Waals surface area contributed by atoms with Gasteiger partial charge in [0.1, 0.15) is 17.3 Å². The first-order valence-corrected chi connectivity index (χ1v) is 7.04. The molecular formula is C17H11FN2OS. The molecular weight excluding hydrogens is 299 g/mol. The second-order valence-electron chi connectivity index (χ2n) is 4.50. The van der Waals surface area contributed by atoms with Crippen molar-refractivity contribution in [3.63, 3.8) is 0 Å². The van der Waals surface area contributed by atoms with Gasteiger partial charge >= 0.3 is 0 Å². The molecule has 0 aliphatic rings. The summed E-state index contributed by atoms with van der Waals surface area (Å²) in [6, 6.07) is 15.2. The molecule has 0 spiro atoms. The van der Waals surface area contributed by atoms with Crippen LogP contribution in [0.2, 0.25) is 0 Å². The highest BCUT2D eigenvalue weighted by Crippen LogP contribution is 2.25. The Morgan fingerprint density at radius 3 is 2.18 bits per heavy atom. The van der Waals surface area contributed by atoms with Crippen LogP contribution in [0.5, 0.6) is 11.5 Å². The molecule has 0 saturated carbocycles. The maximum atomic E-state index is 12.9. The number of hydrogen-bond donors (Lipinski definition) is 0. The lowest BCUT2D eigenvalue weighted by Crippen LogP contribution is -1.93. The van der Waals surface area contributed by atoms with E-state index in [0.29, 0.717) is 17.3 Å². The quantitative estimate of drug-likeness (QED) is 0.668. The molecule has 0 saturated heterocycles. The minimum Gasteiger partial charge on any atom is -0.457 e. The normalized spacial score (nSPS) is 10.2. The summed E-state index contributed by atoms with van der Waals surface area (Å²) in [6.45, 7) is 0. The van der Waals surface area contributed by atoms with Crippen LogP contribution in [0.1, 0.15) is 5.82 Å². The maximum absolute atomic E-state index is 12.9. The van der Waals surface area contributed by atoms with Crippen molar-refractivity contribution in [3.05, 3.63) is 72.4 Å². The van der Waals surface area contributed by atoms with Crippen LogP contribution in [-0.2, 0) is 0 Å². The molecule has 1 aromatic heterocycles. The number of benzene rings is 2. The highest BCUT2D eigenvalue weighted by molar-refractivity contribution is 7.79. The Bertz CT molecular complexity index is 789. The van der Waals surface area contributed by atoms with E-state index in [9.17, 15) is 4.39 Å². The monoisotopic (exact) mass is 310 g/mol. The zero-order valence-corrected chi connectivity index (χ0v) is 12.3. The van der Waals surface area contributed by atoms with Gasteiger partial charge in [-0.05, 0) is 54.6 Å². The fourth-order valence-corrected chi connectivity index (χ4v) is 2.04. The fourth-order valence-electron chi connectivity index (χ4n) is 1.92. The molecule has 0 aliphatic carbocycles. The predicted octanol–water partition coefficient (Wildman–Crippen LogP) is 4.42. The minimum absolute atomic E-state index is 0.291. The van der Waals surface area contributed by atoms with Gasteiger partial charge in [0.2, 0.25) is 0 Å². The topological polar surface area (TPSA) is 35.0 Å². The largest absolute Gasteiger partial charge is 0.457 e. The van der Waals surface area contributed by atoms with E-state index in [4.69, 9.17) is 17.0 Å². The lowest BCUT2D eigenvalue weighted by molar-refractivity contribution is 0.480. The molecule has 0 atom stereocenters. The lowest BCUT2D eigenvalue weighted by Gasteiger charge is -2.07. The SMILES string of the molecule is Fc1ccc(Oc2ccc(-c3ccnc(C=S)n3)cc2)cc1. The van der Waals surface area contributed by atoms with Crippen molar-refractivity contribution < 1.29 is 9.13 Å². The number of rotatable bonds is 4. The first-order valence-electron chi connectivity index (χ1n) is 6.57. The van der Waals surface area contributed by atoms with E-state index in [-0.39, 0.29) is 5.82 Å². The third kappa shape index (κ3) is 3.32. The Balaban J connectivity index is 1.80. The summed E-state index contributed by atoms with van der Waals surface area (Å²) in [5.74, 6) is 1.47. The molecule has 22 heavy (non-hydrogen) atoms. The molecule has 0 N–H and O–H groups in total. The van der Waals surface area contributed by atoms with E-state index in [2.05, 4.69) is 9.97 Å².